The number of carbonyl (C=O) groups excluding carboxylic acids is 1. The minimum Gasteiger partial charge on any atom is -0.478 e. The van der Waals surface area contributed by atoms with E-state index in [1.165, 1.54) is 4.90 Å². The molecule has 1 aromatic carbocycles. The van der Waals surface area contributed by atoms with Gasteiger partial charge in [0.15, 0.2) is 0 Å². The number of nitrogens with zero attached hydrogens (tertiary/aromatic N) is 1. The average Bonchev–Trinajstić information content (AvgIpc) is 2.94. The van der Waals surface area contributed by atoms with Gasteiger partial charge in [-0.2, -0.15) is 0 Å². The van der Waals surface area contributed by atoms with Crippen molar-refractivity contribution in [1.82, 2.24) is 4.90 Å². The second-order valence-electron chi connectivity index (χ2n) is 4.72. The molecule has 1 heterocycles. The van der Waals surface area contributed by atoms with Gasteiger partial charge in [-0.3, -0.25) is 0 Å². The summed E-state index contributed by atoms with van der Waals surface area (Å²) in [5.41, 5.74) is 0.938. The van der Waals surface area contributed by atoms with Gasteiger partial charge in [0, 0.05) is 6.54 Å². The van der Waals surface area contributed by atoms with Crippen LogP contribution >= 0.6 is 0 Å². The maximum atomic E-state index is 12.0. The van der Waals surface area contributed by atoms with Gasteiger partial charge in [-0.1, -0.05) is 36.9 Å². The van der Waals surface area contributed by atoms with Crippen LogP contribution in [0, 0.1) is 0 Å². The number of amides is 1. The molecule has 0 saturated carbocycles. The van der Waals surface area contributed by atoms with Crippen LogP contribution in [-0.2, 0) is 16.1 Å². The molecule has 0 aliphatic carbocycles. The van der Waals surface area contributed by atoms with Gasteiger partial charge in [-0.15, -0.1) is 0 Å². The lowest BCUT2D eigenvalue weighted by Crippen LogP contribution is -2.38. The molecule has 2 rings (SSSR count). The van der Waals surface area contributed by atoms with E-state index < -0.39 is 18.1 Å². The summed E-state index contributed by atoms with van der Waals surface area (Å²) in [6.07, 6.45) is 0.891. The Morgan fingerprint density at radius 1 is 1.35 bits per heavy atom. The minimum atomic E-state index is -1.07. The van der Waals surface area contributed by atoms with Gasteiger partial charge in [0.05, 0.1) is 11.6 Å². The standard InChI is InChI=1S/C15H17NO4/c1-11(14(17)18)13-8-5-9-16(13)15(19)20-10-12-6-3-2-4-7-12/h2-4,6-7,13H,1,5,8-10H2,(H,17,18). The Morgan fingerprint density at radius 2 is 2.05 bits per heavy atom. The largest absolute Gasteiger partial charge is 0.478 e. The van der Waals surface area contributed by atoms with Crippen molar-refractivity contribution in [3.8, 4) is 0 Å². The topological polar surface area (TPSA) is 66.8 Å². The first kappa shape index (κ1) is 14.1. The van der Waals surface area contributed by atoms with Crippen LogP contribution in [0.15, 0.2) is 42.5 Å². The van der Waals surface area contributed by atoms with E-state index in [4.69, 9.17) is 9.84 Å². The van der Waals surface area contributed by atoms with E-state index in [2.05, 4.69) is 6.58 Å². The highest BCUT2D eigenvalue weighted by atomic mass is 16.6. The molecule has 0 radical (unpaired) electrons. The number of carbonyl (C=O) groups is 2. The van der Waals surface area contributed by atoms with Crippen molar-refractivity contribution in [2.24, 2.45) is 0 Å². The molecule has 1 fully saturated rings. The van der Waals surface area contributed by atoms with Gasteiger partial charge in [0.2, 0.25) is 0 Å². The third-order valence-electron chi connectivity index (χ3n) is 3.37. The number of carboxylic acid groups (broad SMARTS) is 1. The van der Waals surface area contributed by atoms with Gasteiger partial charge < -0.3 is 14.7 Å². The van der Waals surface area contributed by atoms with E-state index in [-0.39, 0.29) is 12.2 Å². The van der Waals surface area contributed by atoms with E-state index in [0.29, 0.717) is 13.0 Å². The Balaban J connectivity index is 1.94. The first-order valence-electron chi connectivity index (χ1n) is 6.49. The molecule has 0 bridgehead atoms. The molecule has 1 unspecified atom stereocenters. The predicted molar refractivity (Wildman–Crippen MR) is 73.1 cm³/mol. The van der Waals surface area contributed by atoms with Gasteiger partial charge >= 0.3 is 12.1 Å². The third-order valence-corrected chi connectivity index (χ3v) is 3.37. The lowest BCUT2D eigenvalue weighted by atomic mass is 10.1. The Kier molecular flexibility index (Phi) is 4.40. The van der Waals surface area contributed by atoms with E-state index in [1.54, 1.807) is 0 Å². The highest BCUT2D eigenvalue weighted by molar-refractivity contribution is 5.88. The van der Waals surface area contributed by atoms with E-state index >= 15 is 0 Å². The summed E-state index contributed by atoms with van der Waals surface area (Å²) in [7, 11) is 0. The fourth-order valence-corrected chi connectivity index (χ4v) is 2.29. The van der Waals surface area contributed by atoms with Gasteiger partial charge in [-0.25, -0.2) is 9.59 Å². The number of benzene rings is 1. The number of carboxylic acids is 1. The van der Waals surface area contributed by atoms with Crippen LogP contribution in [0.4, 0.5) is 4.79 Å². The predicted octanol–water partition coefficient (Wildman–Crippen LogP) is 2.43. The molecule has 1 amide bonds. The van der Waals surface area contributed by atoms with Crippen LogP contribution < -0.4 is 0 Å². The van der Waals surface area contributed by atoms with Crippen molar-refractivity contribution < 1.29 is 19.4 Å². The lowest BCUT2D eigenvalue weighted by Gasteiger charge is -2.24. The summed E-state index contributed by atoms with van der Waals surface area (Å²) in [4.78, 5) is 24.4. The van der Waals surface area contributed by atoms with Crippen molar-refractivity contribution >= 4 is 12.1 Å². The Morgan fingerprint density at radius 3 is 2.70 bits per heavy atom. The molecule has 0 aromatic heterocycles. The fourth-order valence-electron chi connectivity index (χ4n) is 2.29. The molecule has 1 aromatic rings. The zero-order valence-electron chi connectivity index (χ0n) is 11.1. The Labute approximate surface area is 117 Å². The van der Waals surface area contributed by atoms with Crippen LogP contribution in [-0.4, -0.2) is 34.7 Å². The van der Waals surface area contributed by atoms with Crippen molar-refractivity contribution in [3.05, 3.63) is 48.0 Å². The number of aliphatic carboxylic acids is 1. The first-order chi connectivity index (χ1) is 9.59. The zero-order chi connectivity index (χ0) is 14.5. The van der Waals surface area contributed by atoms with Crippen molar-refractivity contribution in [2.75, 3.05) is 6.54 Å². The van der Waals surface area contributed by atoms with Crippen LogP contribution in [0.2, 0.25) is 0 Å². The third kappa shape index (κ3) is 3.17. The molecule has 5 nitrogen and oxygen atoms in total. The van der Waals surface area contributed by atoms with E-state index in [9.17, 15) is 9.59 Å². The van der Waals surface area contributed by atoms with Crippen LogP contribution in [0.1, 0.15) is 18.4 Å². The molecule has 20 heavy (non-hydrogen) atoms. The molecule has 0 spiro atoms. The zero-order valence-corrected chi connectivity index (χ0v) is 11.1. The molecular weight excluding hydrogens is 258 g/mol. The summed E-state index contributed by atoms with van der Waals surface area (Å²) in [6, 6.07) is 8.90. The summed E-state index contributed by atoms with van der Waals surface area (Å²) in [5.74, 6) is -1.07. The molecule has 106 valence electrons. The molecule has 1 aliphatic heterocycles. The normalized spacial score (nSPS) is 17.8. The monoisotopic (exact) mass is 275 g/mol. The Hall–Kier alpha value is -2.30. The summed E-state index contributed by atoms with van der Waals surface area (Å²) < 4.78 is 5.23. The smallest absolute Gasteiger partial charge is 0.410 e. The number of rotatable bonds is 4. The summed E-state index contributed by atoms with van der Waals surface area (Å²) in [5, 5.41) is 8.97. The minimum absolute atomic E-state index is 0.0409. The Bertz CT molecular complexity index is 512. The van der Waals surface area contributed by atoms with Crippen molar-refractivity contribution in [1.29, 1.82) is 0 Å². The van der Waals surface area contributed by atoms with Crippen molar-refractivity contribution in [3.63, 3.8) is 0 Å². The fraction of sp³-hybridized carbons (Fsp3) is 0.333. The number of hydrogen-bond donors (Lipinski definition) is 1. The number of ether oxygens (including phenoxy) is 1. The van der Waals surface area contributed by atoms with Crippen LogP contribution in [0.25, 0.3) is 0 Å². The highest BCUT2D eigenvalue weighted by Crippen LogP contribution is 2.24. The van der Waals surface area contributed by atoms with E-state index in [0.717, 1.165) is 12.0 Å². The SMILES string of the molecule is C=C(C(=O)O)C1CCCN1C(=O)OCc1ccccc1. The first-order valence-corrected chi connectivity index (χ1v) is 6.49. The van der Waals surface area contributed by atoms with Crippen LogP contribution in [0.5, 0.6) is 0 Å². The quantitative estimate of drug-likeness (QED) is 0.857. The summed E-state index contributed by atoms with van der Waals surface area (Å²) >= 11 is 0. The lowest BCUT2D eigenvalue weighted by molar-refractivity contribution is -0.133. The van der Waals surface area contributed by atoms with Gasteiger partial charge in [-0.05, 0) is 18.4 Å². The maximum absolute atomic E-state index is 12.0. The second-order valence-corrected chi connectivity index (χ2v) is 4.72. The second kappa shape index (κ2) is 6.23. The summed E-state index contributed by atoms with van der Waals surface area (Å²) in [6.45, 7) is 4.23. The van der Waals surface area contributed by atoms with Crippen molar-refractivity contribution in [2.45, 2.75) is 25.5 Å². The molecular formula is C15H17NO4. The highest BCUT2D eigenvalue weighted by Gasteiger charge is 2.34. The average molecular weight is 275 g/mol. The molecule has 1 atom stereocenters. The molecule has 1 aliphatic rings. The molecule has 1 saturated heterocycles. The van der Waals surface area contributed by atoms with E-state index in [1.807, 2.05) is 30.3 Å². The van der Waals surface area contributed by atoms with Crippen LogP contribution in [0.3, 0.4) is 0 Å². The van der Waals surface area contributed by atoms with Gasteiger partial charge in [0.1, 0.15) is 6.61 Å². The van der Waals surface area contributed by atoms with Gasteiger partial charge in [0.25, 0.3) is 0 Å². The number of likely N-dealkylation sites (tertiary alicyclic amines) is 1. The number of hydrogen-bond acceptors (Lipinski definition) is 3. The maximum Gasteiger partial charge on any atom is 0.410 e. The molecule has 1 N–H and O–H groups in total. The molecule has 5 heteroatoms.